The van der Waals surface area contributed by atoms with Gasteiger partial charge >= 0.3 is 0 Å². The average molecular weight is 214 g/mol. The van der Waals surface area contributed by atoms with Crippen molar-refractivity contribution in [3.63, 3.8) is 0 Å². The van der Waals surface area contributed by atoms with Gasteiger partial charge < -0.3 is 10.2 Å². The Hall–Kier alpha value is -0.0800. The smallest absolute Gasteiger partial charge is 0.00665 e. The Morgan fingerprint density at radius 1 is 1.20 bits per heavy atom. The molecule has 0 fully saturated rings. The summed E-state index contributed by atoms with van der Waals surface area (Å²) >= 11 is 0. The first-order valence-electron chi connectivity index (χ1n) is 6.13. The van der Waals surface area contributed by atoms with E-state index in [2.05, 4.69) is 51.9 Å². The molecule has 0 saturated carbocycles. The Bertz CT molecular complexity index is 164. The van der Waals surface area contributed by atoms with Crippen molar-refractivity contribution in [2.45, 2.75) is 47.1 Å². The van der Waals surface area contributed by atoms with Gasteiger partial charge in [-0.2, -0.15) is 0 Å². The van der Waals surface area contributed by atoms with Crippen LogP contribution in [0.2, 0.25) is 0 Å². The number of hydrogen-bond acceptors (Lipinski definition) is 2. The molecule has 0 aromatic rings. The number of nitrogens with one attached hydrogen (secondary N) is 1. The molecule has 2 nitrogen and oxygen atoms in total. The maximum absolute atomic E-state index is 3.27. The largest absolute Gasteiger partial charge is 0.319 e. The molecule has 0 amide bonds. The maximum atomic E-state index is 3.27. The Morgan fingerprint density at radius 3 is 2.13 bits per heavy atom. The summed E-state index contributed by atoms with van der Waals surface area (Å²) in [5.74, 6) is 0.787. The van der Waals surface area contributed by atoms with Gasteiger partial charge in [0.2, 0.25) is 0 Å². The summed E-state index contributed by atoms with van der Waals surface area (Å²) in [7, 11) is 4.27. The minimum absolute atomic E-state index is 0.356. The van der Waals surface area contributed by atoms with Crippen molar-refractivity contribution in [2.24, 2.45) is 11.3 Å². The Kier molecular flexibility index (Phi) is 6.46. The zero-order valence-corrected chi connectivity index (χ0v) is 11.7. The second-order valence-corrected chi connectivity index (χ2v) is 6.09. The molecule has 0 heterocycles. The van der Waals surface area contributed by atoms with E-state index in [1.54, 1.807) is 0 Å². The van der Waals surface area contributed by atoms with Crippen molar-refractivity contribution in [3.8, 4) is 0 Å². The van der Waals surface area contributed by atoms with Crippen LogP contribution in [-0.4, -0.2) is 38.1 Å². The topological polar surface area (TPSA) is 15.3 Å². The molecule has 15 heavy (non-hydrogen) atoms. The van der Waals surface area contributed by atoms with E-state index in [1.807, 2.05) is 7.05 Å². The van der Waals surface area contributed by atoms with E-state index in [0.717, 1.165) is 19.0 Å². The Morgan fingerprint density at radius 2 is 1.73 bits per heavy atom. The lowest BCUT2D eigenvalue weighted by Crippen LogP contribution is -2.41. The molecule has 1 atom stereocenters. The SMILES string of the molecule is CNCC(C)(C)CN(C)C(C)CC(C)C. The van der Waals surface area contributed by atoms with Crippen molar-refractivity contribution < 1.29 is 0 Å². The zero-order chi connectivity index (χ0) is 12.1. The normalized spacial score (nSPS) is 15.0. The summed E-state index contributed by atoms with van der Waals surface area (Å²) in [5, 5.41) is 3.27. The van der Waals surface area contributed by atoms with Gasteiger partial charge in [-0.1, -0.05) is 27.7 Å². The van der Waals surface area contributed by atoms with Gasteiger partial charge in [-0.05, 0) is 38.8 Å². The molecule has 0 aromatic carbocycles. The third-order valence-corrected chi connectivity index (χ3v) is 2.90. The summed E-state index contributed by atoms with van der Waals surface area (Å²) in [4.78, 5) is 2.48. The van der Waals surface area contributed by atoms with Crippen molar-refractivity contribution in [2.75, 3.05) is 27.2 Å². The van der Waals surface area contributed by atoms with Crippen LogP contribution >= 0.6 is 0 Å². The fourth-order valence-electron chi connectivity index (χ4n) is 2.23. The second-order valence-electron chi connectivity index (χ2n) is 6.09. The minimum Gasteiger partial charge on any atom is -0.319 e. The molecule has 1 N–H and O–H groups in total. The molecule has 0 saturated heterocycles. The molecule has 92 valence electrons. The lowest BCUT2D eigenvalue weighted by Gasteiger charge is -2.34. The monoisotopic (exact) mass is 214 g/mol. The standard InChI is InChI=1S/C13H30N2/c1-11(2)8-12(3)15(7)10-13(4,5)9-14-6/h11-12,14H,8-10H2,1-7H3. The highest BCUT2D eigenvalue weighted by atomic mass is 15.1. The second kappa shape index (κ2) is 6.49. The van der Waals surface area contributed by atoms with E-state index in [4.69, 9.17) is 0 Å². The van der Waals surface area contributed by atoms with Crippen LogP contribution in [0, 0.1) is 11.3 Å². The van der Waals surface area contributed by atoms with Crippen LogP contribution in [0.15, 0.2) is 0 Å². The maximum Gasteiger partial charge on any atom is 0.00665 e. The van der Waals surface area contributed by atoms with E-state index in [0.29, 0.717) is 11.5 Å². The fourth-order valence-corrected chi connectivity index (χ4v) is 2.23. The van der Waals surface area contributed by atoms with Gasteiger partial charge in [0, 0.05) is 19.1 Å². The van der Waals surface area contributed by atoms with E-state index in [-0.39, 0.29) is 0 Å². The molecule has 0 bridgehead atoms. The van der Waals surface area contributed by atoms with Crippen molar-refractivity contribution >= 4 is 0 Å². The van der Waals surface area contributed by atoms with Gasteiger partial charge in [-0.25, -0.2) is 0 Å². The highest BCUT2D eigenvalue weighted by Crippen LogP contribution is 2.18. The van der Waals surface area contributed by atoms with Gasteiger partial charge in [0.15, 0.2) is 0 Å². The van der Waals surface area contributed by atoms with Gasteiger partial charge in [0.05, 0.1) is 0 Å². The van der Waals surface area contributed by atoms with Crippen LogP contribution in [0.5, 0.6) is 0 Å². The zero-order valence-electron chi connectivity index (χ0n) is 11.7. The lowest BCUT2D eigenvalue weighted by molar-refractivity contribution is 0.153. The van der Waals surface area contributed by atoms with Gasteiger partial charge in [0.1, 0.15) is 0 Å². The van der Waals surface area contributed by atoms with E-state index in [1.165, 1.54) is 6.42 Å². The number of nitrogens with zero attached hydrogens (tertiary/aromatic N) is 1. The molecule has 0 rings (SSSR count). The minimum atomic E-state index is 0.356. The summed E-state index contributed by atoms with van der Waals surface area (Å²) in [6.45, 7) is 13.8. The first-order valence-corrected chi connectivity index (χ1v) is 6.13. The average Bonchev–Trinajstić information content (AvgIpc) is 2.01. The van der Waals surface area contributed by atoms with Crippen molar-refractivity contribution in [1.29, 1.82) is 0 Å². The molecular weight excluding hydrogens is 184 g/mol. The quantitative estimate of drug-likeness (QED) is 0.701. The molecule has 2 heteroatoms. The molecule has 1 unspecified atom stereocenters. The highest BCUT2D eigenvalue weighted by molar-refractivity contribution is 4.77. The van der Waals surface area contributed by atoms with E-state index < -0.39 is 0 Å². The molecule has 0 aliphatic carbocycles. The highest BCUT2D eigenvalue weighted by Gasteiger charge is 2.21. The van der Waals surface area contributed by atoms with Crippen LogP contribution in [0.1, 0.15) is 41.0 Å². The predicted molar refractivity (Wildman–Crippen MR) is 69.3 cm³/mol. The fraction of sp³-hybridized carbons (Fsp3) is 1.00. The summed E-state index contributed by atoms with van der Waals surface area (Å²) in [6, 6.07) is 0.682. The van der Waals surface area contributed by atoms with Crippen LogP contribution in [-0.2, 0) is 0 Å². The van der Waals surface area contributed by atoms with Crippen LogP contribution in [0.3, 0.4) is 0 Å². The third kappa shape index (κ3) is 6.91. The summed E-state index contributed by atoms with van der Waals surface area (Å²) in [5.41, 5.74) is 0.356. The first kappa shape index (κ1) is 14.9. The molecule has 0 radical (unpaired) electrons. The molecule has 0 aromatic heterocycles. The van der Waals surface area contributed by atoms with Gasteiger partial charge in [-0.3, -0.25) is 0 Å². The van der Waals surface area contributed by atoms with Gasteiger partial charge in [0.25, 0.3) is 0 Å². The number of rotatable bonds is 7. The van der Waals surface area contributed by atoms with Crippen LogP contribution < -0.4 is 5.32 Å². The molecule has 0 spiro atoms. The van der Waals surface area contributed by atoms with E-state index >= 15 is 0 Å². The Labute approximate surface area is 96.4 Å². The molecular formula is C13H30N2. The van der Waals surface area contributed by atoms with E-state index in [9.17, 15) is 0 Å². The number of hydrogen-bond donors (Lipinski definition) is 1. The van der Waals surface area contributed by atoms with Crippen LogP contribution in [0.4, 0.5) is 0 Å². The van der Waals surface area contributed by atoms with Crippen LogP contribution in [0.25, 0.3) is 0 Å². The molecule has 0 aliphatic rings. The molecule has 0 aliphatic heterocycles. The van der Waals surface area contributed by atoms with Crippen molar-refractivity contribution in [1.82, 2.24) is 10.2 Å². The van der Waals surface area contributed by atoms with Gasteiger partial charge in [-0.15, -0.1) is 0 Å². The Balaban J connectivity index is 4.05. The lowest BCUT2D eigenvalue weighted by atomic mass is 9.91. The first-order chi connectivity index (χ1) is 6.78. The summed E-state index contributed by atoms with van der Waals surface area (Å²) in [6.07, 6.45) is 1.28. The van der Waals surface area contributed by atoms with Crippen molar-refractivity contribution in [3.05, 3.63) is 0 Å². The third-order valence-electron chi connectivity index (χ3n) is 2.90. The summed E-state index contributed by atoms with van der Waals surface area (Å²) < 4.78 is 0. The predicted octanol–water partition coefficient (Wildman–Crippen LogP) is 2.60.